The first-order chi connectivity index (χ1) is 14.6. The van der Waals surface area contributed by atoms with Gasteiger partial charge >= 0.3 is 0 Å². The van der Waals surface area contributed by atoms with Crippen molar-refractivity contribution in [2.24, 2.45) is 0 Å². The lowest BCUT2D eigenvalue weighted by atomic mass is 10.1. The summed E-state index contributed by atoms with van der Waals surface area (Å²) in [5, 5.41) is 3.86. The highest BCUT2D eigenvalue weighted by atomic mass is 16.2. The quantitative estimate of drug-likeness (QED) is 0.530. The van der Waals surface area contributed by atoms with Gasteiger partial charge in [-0.15, -0.1) is 0 Å². The maximum absolute atomic E-state index is 12.8. The minimum absolute atomic E-state index is 0.139. The summed E-state index contributed by atoms with van der Waals surface area (Å²) in [5.74, 6) is -0.422. The standard InChI is InChI=1S/C25H21N3O2/c1-28(17-18-8-3-2-4-9-18)25(30)21-12-5-11-20(16-21)24(29)27-22-14-6-10-19-13-7-15-26-23(19)22/h2-16H,17H2,1H3,(H,27,29). The Labute approximate surface area is 175 Å². The van der Waals surface area contributed by atoms with Gasteiger partial charge in [0.1, 0.15) is 0 Å². The maximum atomic E-state index is 12.8. The third-order valence-corrected chi connectivity index (χ3v) is 4.86. The lowest BCUT2D eigenvalue weighted by molar-refractivity contribution is 0.0785. The Morgan fingerprint density at radius 3 is 2.43 bits per heavy atom. The molecule has 148 valence electrons. The first-order valence-electron chi connectivity index (χ1n) is 9.66. The number of pyridine rings is 1. The molecule has 0 unspecified atom stereocenters. The zero-order valence-corrected chi connectivity index (χ0v) is 16.6. The Balaban J connectivity index is 1.52. The second-order valence-electron chi connectivity index (χ2n) is 7.06. The van der Waals surface area contributed by atoms with Crippen molar-refractivity contribution < 1.29 is 9.59 Å². The molecule has 0 atom stereocenters. The molecule has 4 aromatic rings. The molecule has 1 heterocycles. The highest BCUT2D eigenvalue weighted by Gasteiger charge is 2.15. The SMILES string of the molecule is CN(Cc1ccccc1)C(=O)c1cccc(C(=O)Nc2cccc3cccnc23)c1. The van der Waals surface area contributed by atoms with Gasteiger partial charge in [-0.05, 0) is 35.9 Å². The number of nitrogens with one attached hydrogen (secondary N) is 1. The number of carbonyl (C=O) groups is 2. The summed E-state index contributed by atoms with van der Waals surface area (Å²) in [7, 11) is 1.75. The molecule has 0 bridgehead atoms. The van der Waals surface area contributed by atoms with Gasteiger partial charge in [0.2, 0.25) is 0 Å². The van der Waals surface area contributed by atoms with Crippen LogP contribution in [0, 0.1) is 0 Å². The van der Waals surface area contributed by atoms with Crippen molar-refractivity contribution in [2.75, 3.05) is 12.4 Å². The Bertz CT molecular complexity index is 1200. The molecule has 2 amide bonds. The minimum Gasteiger partial charge on any atom is -0.337 e. The molecule has 1 aromatic heterocycles. The topological polar surface area (TPSA) is 62.3 Å². The predicted molar refractivity (Wildman–Crippen MR) is 118 cm³/mol. The van der Waals surface area contributed by atoms with E-state index >= 15 is 0 Å². The normalized spacial score (nSPS) is 10.6. The average molecular weight is 395 g/mol. The smallest absolute Gasteiger partial charge is 0.255 e. The van der Waals surface area contributed by atoms with Crippen molar-refractivity contribution in [1.82, 2.24) is 9.88 Å². The van der Waals surface area contributed by atoms with Crippen LogP contribution in [0.1, 0.15) is 26.3 Å². The van der Waals surface area contributed by atoms with Gasteiger partial charge in [0.05, 0.1) is 11.2 Å². The van der Waals surface area contributed by atoms with Gasteiger partial charge in [-0.25, -0.2) is 0 Å². The summed E-state index contributed by atoms with van der Waals surface area (Å²) < 4.78 is 0. The van der Waals surface area contributed by atoms with Crippen LogP contribution in [0.3, 0.4) is 0 Å². The van der Waals surface area contributed by atoms with Crippen molar-refractivity contribution in [3.05, 3.63) is 108 Å². The molecule has 3 aromatic carbocycles. The van der Waals surface area contributed by atoms with Gasteiger partial charge < -0.3 is 10.2 Å². The molecular formula is C25H21N3O2. The molecule has 4 rings (SSSR count). The first-order valence-corrected chi connectivity index (χ1v) is 9.66. The molecular weight excluding hydrogens is 374 g/mol. The van der Waals surface area contributed by atoms with Crippen LogP contribution in [-0.4, -0.2) is 28.7 Å². The van der Waals surface area contributed by atoms with E-state index in [0.29, 0.717) is 23.4 Å². The average Bonchev–Trinajstić information content (AvgIpc) is 2.79. The van der Waals surface area contributed by atoms with E-state index in [9.17, 15) is 9.59 Å². The summed E-state index contributed by atoms with van der Waals surface area (Å²) in [6.45, 7) is 0.498. The molecule has 0 fully saturated rings. The lowest BCUT2D eigenvalue weighted by Gasteiger charge is -2.18. The molecule has 30 heavy (non-hydrogen) atoms. The van der Waals surface area contributed by atoms with Gasteiger partial charge in [0.15, 0.2) is 0 Å². The fraction of sp³-hybridized carbons (Fsp3) is 0.0800. The Kier molecular flexibility index (Phi) is 5.52. The zero-order valence-electron chi connectivity index (χ0n) is 16.6. The highest BCUT2D eigenvalue weighted by molar-refractivity contribution is 6.09. The third-order valence-electron chi connectivity index (χ3n) is 4.86. The largest absolute Gasteiger partial charge is 0.337 e. The molecule has 0 saturated heterocycles. The van der Waals surface area contributed by atoms with Crippen molar-refractivity contribution in [1.29, 1.82) is 0 Å². The predicted octanol–water partition coefficient (Wildman–Crippen LogP) is 4.76. The van der Waals surface area contributed by atoms with Crippen LogP contribution in [0.25, 0.3) is 10.9 Å². The van der Waals surface area contributed by atoms with Gasteiger partial charge in [-0.2, -0.15) is 0 Å². The summed E-state index contributed by atoms with van der Waals surface area (Å²) in [6, 6.07) is 26.0. The minimum atomic E-state index is -0.284. The number of hydrogen-bond acceptors (Lipinski definition) is 3. The molecule has 0 saturated carbocycles. The van der Waals surface area contributed by atoms with E-state index in [1.165, 1.54) is 0 Å². The molecule has 0 radical (unpaired) electrons. The molecule has 0 aliphatic carbocycles. The van der Waals surface area contributed by atoms with E-state index in [1.807, 2.05) is 60.7 Å². The number of benzene rings is 3. The van der Waals surface area contributed by atoms with Gasteiger partial charge in [0.25, 0.3) is 11.8 Å². The van der Waals surface area contributed by atoms with E-state index in [-0.39, 0.29) is 11.8 Å². The number of amides is 2. The Hall–Kier alpha value is -3.99. The zero-order chi connectivity index (χ0) is 20.9. The second-order valence-corrected chi connectivity index (χ2v) is 7.06. The van der Waals surface area contributed by atoms with Crippen molar-refractivity contribution >= 4 is 28.4 Å². The fourth-order valence-corrected chi connectivity index (χ4v) is 3.34. The molecule has 1 N–H and O–H groups in total. The number of carbonyl (C=O) groups excluding carboxylic acids is 2. The van der Waals surface area contributed by atoms with Crippen LogP contribution in [0.4, 0.5) is 5.69 Å². The summed E-state index contributed by atoms with van der Waals surface area (Å²) in [5.41, 5.74) is 3.30. The van der Waals surface area contributed by atoms with E-state index in [1.54, 1.807) is 42.4 Å². The number of fused-ring (bicyclic) bond motifs is 1. The third kappa shape index (κ3) is 4.20. The maximum Gasteiger partial charge on any atom is 0.255 e. The summed E-state index contributed by atoms with van der Waals surface area (Å²) >= 11 is 0. The number of nitrogens with zero attached hydrogens (tertiary/aromatic N) is 2. The van der Waals surface area contributed by atoms with Crippen molar-refractivity contribution in [3.8, 4) is 0 Å². The number of hydrogen-bond donors (Lipinski definition) is 1. The molecule has 5 nitrogen and oxygen atoms in total. The number of rotatable bonds is 5. The fourth-order valence-electron chi connectivity index (χ4n) is 3.34. The highest BCUT2D eigenvalue weighted by Crippen LogP contribution is 2.21. The van der Waals surface area contributed by atoms with Crippen LogP contribution in [-0.2, 0) is 6.54 Å². The number of para-hydroxylation sites is 1. The second kappa shape index (κ2) is 8.57. The van der Waals surface area contributed by atoms with Crippen LogP contribution in [0.2, 0.25) is 0 Å². The Morgan fingerprint density at radius 1 is 0.867 bits per heavy atom. The van der Waals surface area contributed by atoms with Crippen molar-refractivity contribution in [2.45, 2.75) is 6.54 Å². The summed E-state index contributed by atoms with van der Waals surface area (Å²) in [4.78, 5) is 31.7. The van der Waals surface area contributed by atoms with Gasteiger partial charge in [-0.1, -0.05) is 54.6 Å². The molecule has 5 heteroatoms. The summed E-state index contributed by atoms with van der Waals surface area (Å²) in [6.07, 6.45) is 1.69. The Morgan fingerprint density at radius 2 is 1.60 bits per heavy atom. The number of anilines is 1. The molecule has 0 aliphatic heterocycles. The van der Waals surface area contributed by atoms with Crippen LogP contribution >= 0.6 is 0 Å². The monoisotopic (exact) mass is 395 g/mol. The van der Waals surface area contributed by atoms with Crippen LogP contribution < -0.4 is 5.32 Å². The first kappa shape index (κ1) is 19.3. The van der Waals surface area contributed by atoms with E-state index in [0.717, 1.165) is 16.5 Å². The molecule has 0 aliphatic rings. The lowest BCUT2D eigenvalue weighted by Crippen LogP contribution is -2.26. The van der Waals surface area contributed by atoms with Crippen LogP contribution in [0.15, 0.2) is 91.1 Å². The van der Waals surface area contributed by atoms with E-state index < -0.39 is 0 Å². The van der Waals surface area contributed by atoms with Crippen molar-refractivity contribution in [3.63, 3.8) is 0 Å². The van der Waals surface area contributed by atoms with E-state index in [4.69, 9.17) is 0 Å². The molecule has 0 spiro atoms. The van der Waals surface area contributed by atoms with E-state index in [2.05, 4.69) is 10.3 Å². The number of aromatic nitrogens is 1. The van der Waals surface area contributed by atoms with Gasteiger partial charge in [0, 0.05) is 36.3 Å². The van der Waals surface area contributed by atoms with Crippen LogP contribution in [0.5, 0.6) is 0 Å². The van der Waals surface area contributed by atoms with Gasteiger partial charge in [-0.3, -0.25) is 14.6 Å².